The van der Waals surface area contributed by atoms with Crippen LogP contribution in [0, 0.1) is 5.82 Å². The van der Waals surface area contributed by atoms with Crippen LogP contribution >= 0.6 is 11.8 Å². The number of alkyl halides is 3. The third kappa shape index (κ3) is 2.61. The minimum Gasteiger partial charge on any atom is -0.322 e. The van der Waals surface area contributed by atoms with Gasteiger partial charge in [-0.25, -0.2) is 4.39 Å². The number of nitrogens with zero attached hydrogens (tertiary/aromatic N) is 1. The van der Waals surface area contributed by atoms with E-state index in [1.54, 1.807) is 0 Å². The summed E-state index contributed by atoms with van der Waals surface area (Å²) in [6.07, 6.45) is -3.44. The summed E-state index contributed by atoms with van der Waals surface area (Å²) in [5.41, 5.74) is -0.555. The predicted octanol–water partition coefficient (Wildman–Crippen LogP) is 4.24. The number of rotatable bonds is 1. The van der Waals surface area contributed by atoms with Crippen LogP contribution in [0.3, 0.4) is 0 Å². The molecule has 0 aromatic heterocycles. The predicted molar refractivity (Wildman–Crippen MR) is 92.4 cm³/mol. The van der Waals surface area contributed by atoms with Gasteiger partial charge in [0, 0.05) is 17.3 Å². The number of halogens is 4. The van der Waals surface area contributed by atoms with Gasteiger partial charge >= 0.3 is 6.18 Å². The molecular weight excluding hydrogens is 384 g/mol. The average molecular weight is 394 g/mol. The average Bonchev–Trinajstić information content (AvgIpc) is 2.86. The largest absolute Gasteiger partial charge is 0.416 e. The van der Waals surface area contributed by atoms with Crippen molar-refractivity contribution in [2.75, 3.05) is 10.2 Å². The minimum absolute atomic E-state index is 0.0843. The van der Waals surface area contributed by atoms with Gasteiger partial charge in [0.15, 0.2) is 0 Å². The Bertz CT molecular complexity index is 1010. The van der Waals surface area contributed by atoms with Gasteiger partial charge in [-0.1, -0.05) is 23.9 Å². The molecule has 2 aromatic rings. The number of fused-ring (bicyclic) bond motifs is 2. The number of carbonyl (C=O) groups excluding carboxylic acids is 2. The van der Waals surface area contributed by atoms with E-state index >= 15 is 0 Å². The van der Waals surface area contributed by atoms with Crippen LogP contribution in [0.25, 0.3) is 0 Å². The fourth-order valence-electron chi connectivity index (χ4n) is 3.19. The van der Waals surface area contributed by atoms with E-state index in [4.69, 9.17) is 0 Å². The highest BCUT2D eigenvalue weighted by atomic mass is 32.2. The molecule has 0 saturated carbocycles. The Kier molecular flexibility index (Phi) is 3.81. The molecule has 4 nitrogen and oxygen atoms in total. The fourth-order valence-corrected chi connectivity index (χ4v) is 4.33. The molecule has 0 aliphatic carbocycles. The molecule has 27 heavy (non-hydrogen) atoms. The second-order valence-electron chi connectivity index (χ2n) is 5.93. The van der Waals surface area contributed by atoms with Crippen LogP contribution in [-0.4, -0.2) is 11.8 Å². The van der Waals surface area contributed by atoms with Crippen molar-refractivity contribution < 1.29 is 27.2 Å². The Morgan fingerprint density at radius 3 is 2.59 bits per heavy atom. The second kappa shape index (κ2) is 5.85. The van der Waals surface area contributed by atoms with Crippen LogP contribution < -0.4 is 10.2 Å². The molecule has 138 valence electrons. The first-order valence-electron chi connectivity index (χ1n) is 7.71. The molecule has 4 rings (SSSR count). The summed E-state index contributed by atoms with van der Waals surface area (Å²) in [4.78, 5) is 24.8. The van der Waals surface area contributed by atoms with Crippen LogP contribution in [-0.2, 0) is 20.6 Å². The number of amides is 2. The van der Waals surface area contributed by atoms with Crippen molar-refractivity contribution in [1.29, 1.82) is 0 Å². The fraction of sp³-hybridized carbons (Fsp3) is 0.111. The van der Waals surface area contributed by atoms with Crippen LogP contribution in [0.5, 0.6) is 0 Å². The molecule has 0 fully saturated rings. The van der Waals surface area contributed by atoms with E-state index in [1.165, 1.54) is 29.7 Å². The highest BCUT2D eigenvalue weighted by Gasteiger charge is 2.55. The molecule has 1 unspecified atom stereocenters. The first kappa shape index (κ1) is 17.6. The van der Waals surface area contributed by atoms with E-state index in [0.717, 1.165) is 40.9 Å². The molecule has 1 atom stereocenters. The van der Waals surface area contributed by atoms with Gasteiger partial charge < -0.3 is 5.32 Å². The summed E-state index contributed by atoms with van der Waals surface area (Å²) in [5, 5.41) is 3.92. The van der Waals surface area contributed by atoms with Crippen LogP contribution in [0.2, 0.25) is 0 Å². The number of thioether (sulfide) groups is 1. The number of hydrogen-bond donors (Lipinski definition) is 1. The lowest BCUT2D eigenvalue weighted by molar-refractivity contribution is -0.137. The van der Waals surface area contributed by atoms with Crippen molar-refractivity contribution in [2.24, 2.45) is 0 Å². The van der Waals surface area contributed by atoms with Crippen LogP contribution in [0.15, 0.2) is 53.9 Å². The van der Waals surface area contributed by atoms with E-state index in [1.807, 2.05) is 0 Å². The number of benzene rings is 2. The number of nitrogens with one attached hydrogen (secondary N) is 1. The maximum atomic E-state index is 13.5. The smallest absolute Gasteiger partial charge is 0.322 e. The Morgan fingerprint density at radius 1 is 1.07 bits per heavy atom. The van der Waals surface area contributed by atoms with Gasteiger partial charge in [0.05, 0.1) is 11.3 Å². The van der Waals surface area contributed by atoms with Crippen molar-refractivity contribution in [2.45, 2.75) is 11.0 Å². The summed E-state index contributed by atoms with van der Waals surface area (Å²) in [5.74, 6) is -1.87. The molecule has 2 aliphatic rings. The lowest BCUT2D eigenvalue weighted by Crippen LogP contribution is -2.52. The Labute approximate surface area is 154 Å². The lowest BCUT2D eigenvalue weighted by atomic mass is 10.0. The highest BCUT2D eigenvalue weighted by molar-refractivity contribution is 8.04. The molecular formula is C18H10F4N2O2S. The third-order valence-electron chi connectivity index (χ3n) is 4.32. The lowest BCUT2D eigenvalue weighted by Gasteiger charge is -2.40. The minimum atomic E-state index is -4.61. The van der Waals surface area contributed by atoms with E-state index < -0.39 is 34.2 Å². The van der Waals surface area contributed by atoms with E-state index in [9.17, 15) is 27.2 Å². The van der Waals surface area contributed by atoms with Crippen molar-refractivity contribution >= 4 is 35.0 Å². The van der Waals surface area contributed by atoms with Gasteiger partial charge in [-0.3, -0.25) is 14.5 Å². The molecule has 1 N–H and O–H groups in total. The standard InChI is InChI=1S/C18H10F4N2O2S/c19-11-4-5-13-14(9-11)23-16(26)17(13)24(15(25)6-7-27-17)12-3-1-2-10(8-12)18(20,21)22/h1-9H,(H,23,26). The highest BCUT2D eigenvalue weighted by Crippen LogP contribution is 2.52. The third-order valence-corrected chi connectivity index (χ3v) is 5.52. The van der Waals surface area contributed by atoms with Gasteiger partial charge in [-0.2, -0.15) is 13.2 Å². The molecule has 0 saturated heterocycles. The molecule has 2 heterocycles. The normalized spacial score (nSPS) is 21.6. The molecule has 0 radical (unpaired) electrons. The monoisotopic (exact) mass is 394 g/mol. The van der Waals surface area contributed by atoms with Gasteiger partial charge in [0.25, 0.3) is 11.8 Å². The van der Waals surface area contributed by atoms with E-state index in [0.29, 0.717) is 5.56 Å². The van der Waals surface area contributed by atoms with Crippen LogP contribution in [0.1, 0.15) is 11.1 Å². The summed E-state index contributed by atoms with van der Waals surface area (Å²) >= 11 is 0.959. The topological polar surface area (TPSA) is 49.4 Å². The van der Waals surface area contributed by atoms with Gasteiger partial charge in [0.2, 0.25) is 4.87 Å². The number of anilines is 2. The molecule has 2 aromatic carbocycles. The summed E-state index contributed by atoms with van der Waals surface area (Å²) < 4.78 is 52.9. The first-order chi connectivity index (χ1) is 12.7. The number of hydrogen-bond acceptors (Lipinski definition) is 3. The quantitative estimate of drug-likeness (QED) is 0.736. The summed E-state index contributed by atoms with van der Waals surface area (Å²) in [6, 6.07) is 7.77. The maximum absolute atomic E-state index is 13.5. The van der Waals surface area contributed by atoms with Gasteiger partial charge in [-0.05, 0) is 35.7 Å². The molecule has 2 amide bonds. The van der Waals surface area contributed by atoms with Crippen molar-refractivity contribution in [3.05, 3.63) is 70.9 Å². The second-order valence-corrected chi connectivity index (χ2v) is 7.03. The SMILES string of the molecule is O=C1C=CSC2(C(=O)Nc3cc(F)ccc32)N1c1cccc(C(F)(F)F)c1. The van der Waals surface area contributed by atoms with Gasteiger partial charge in [-0.15, -0.1) is 0 Å². The Balaban J connectivity index is 1.93. The summed E-state index contributed by atoms with van der Waals surface area (Å²) in [6.45, 7) is 0. The maximum Gasteiger partial charge on any atom is 0.416 e. The number of carbonyl (C=O) groups is 2. The molecule has 2 aliphatic heterocycles. The van der Waals surface area contributed by atoms with Crippen LogP contribution in [0.4, 0.5) is 28.9 Å². The first-order valence-corrected chi connectivity index (χ1v) is 8.59. The zero-order valence-corrected chi connectivity index (χ0v) is 14.2. The Morgan fingerprint density at radius 2 is 1.85 bits per heavy atom. The summed E-state index contributed by atoms with van der Waals surface area (Å²) in [7, 11) is 0. The van der Waals surface area contributed by atoms with Gasteiger partial charge in [0.1, 0.15) is 5.82 Å². The molecule has 9 heteroatoms. The van der Waals surface area contributed by atoms with Crippen molar-refractivity contribution in [3.63, 3.8) is 0 Å². The molecule has 0 bridgehead atoms. The van der Waals surface area contributed by atoms with E-state index in [2.05, 4.69) is 5.32 Å². The van der Waals surface area contributed by atoms with E-state index in [-0.39, 0.29) is 11.4 Å². The van der Waals surface area contributed by atoms with Crippen molar-refractivity contribution in [3.8, 4) is 0 Å². The zero-order chi connectivity index (χ0) is 19.4. The molecule has 1 spiro atoms. The Hall–Kier alpha value is -2.81. The van der Waals surface area contributed by atoms with Crippen molar-refractivity contribution in [1.82, 2.24) is 0 Å². The zero-order valence-electron chi connectivity index (χ0n) is 13.4.